The maximum absolute atomic E-state index is 15.2. The molecule has 4 aromatic carbocycles. The molecule has 1 aliphatic carbocycles. The highest BCUT2D eigenvalue weighted by Crippen LogP contribution is 2.41. The Morgan fingerprint density at radius 2 is 1.31 bits per heavy atom. The number of allylic oxidation sites excluding steroid dienone is 1. The molecule has 5 rings (SSSR count). The van der Waals surface area contributed by atoms with Crippen molar-refractivity contribution >= 4 is 6.08 Å². The second-order valence-electron chi connectivity index (χ2n) is 11.2. The Kier molecular flexibility index (Phi) is 9.77. The lowest BCUT2D eigenvalue weighted by Crippen LogP contribution is -2.30. The Bertz CT molecular complexity index is 1680. The van der Waals surface area contributed by atoms with Crippen molar-refractivity contribution in [3.63, 3.8) is 0 Å². The first-order valence-corrected chi connectivity index (χ1v) is 14.7. The van der Waals surface area contributed by atoms with Crippen molar-refractivity contribution in [1.29, 1.82) is 0 Å². The summed E-state index contributed by atoms with van der Waals surface area (Å²) >= 11 is 0. The summed E-state index contributed by atoms with van der Waals surface area (Å²) in [7, 11) is 0. The summed E-state index contributed by atoms with van der Waals surface area (Å²) in [5, 5.41) is 0. The predicted octanol–water partition coefficient (Wildman–Crippen LogP) is 11.5. The topological polar surface area (TPSA) is 9.23 Å². The largest absolute Gasteiger partial charge is 0.386 e. The van der Waals surface area contributed by atoms with Gasteiger partial charge in [-0.1, -0.05) is 55.8 Å². The van der Waals surface area contributed by atoms with E-state index in [0.29, 0.717) is 36.1 Å². The predicted molar refractivity (Wildman–Crippen MR) is 157 cm³/mol. The molecule has 0 aliphatic heterocycles. The molecule has 0 heterocycles. The van der Waals surface area contributed by atoms with Gasteiger partial charge in [-0.15, -0.1) is 0 Å². The Labute approximate surface area is 256 Å². The minimum absolute atomic E-state index is 0.0891. The van der Waals surface area contributed by atoms with E-state index in [9.17, 15) is 30.7 Å². The maximum atomic E-state index is 15.2. The van der Waals surface area contributed by atoms with Crippen LogP contribution in [-0.2, 0) is 10.8 Å². The van der Waals surface area contributed by atoms with Gasteiger partial charge in [-0.25, -0.2) is 26.3 Å². The highest BCUT2D eigenvalue weighted by atomic mass is 19.3. The van der Waals surface area contributed by atoms with Crippen molar-refractivity contribution in [2.45, 2.75) is 63.6 Å². The summed E-state index contributed by atoms with van der Waals surface area (Å²) in [6, 6.07) is 13.0. The first kappa shape index (κ1) is 32.4. The minimum Gasteiger partial charge on any atom is -0.313 e. The SMILES string of the molecule is CCCC=Cc1ccc(C(F)(F)OC2CCC(c3ccc(-c4ccc(-c5cc(F)c(F)c(F)c5)c(F)c4)c(F)c3)CC2)c(F)c1. The van der Waals surface area contributed by atoms with E-state index in [2.05, 4.69) is 0 Å². The number of rotatable bonds is 9. The summed E-state index contributed by atoms with van der Waals surface area (Å²) in [6.07, 6.45) is 2.03. The Balaban J connectivity index is 1.23. The molecule has 0 radical (unpaired) electrons. The van der Waals surface area contributed by atoms with Crippen molar-refractivity contribution in [2.24, 2.45) is 0 Å². The van der Waals surface area contributed by atoms with Gasteiger partial charge in [-0.2, -0.15) is 8.78 Å². The van der Waals surface area contributed by atoms with Crippen molar-refractivity contribution in [2.75, 3.05) is 0 Å². The van der Waals surface area contributed by atoms with Crippen LogP contribution >= 0.6 is 0 Å². The summed E-state index contributed by atoms with van der Waals surface area (Å²) in [5.74, 6) is -7.27. The van der Waals surface area contributed by atoms with Gasteiger partial charge in [0.1, 0.15) is 17.5 Å². The fourth-order valence-electron chi connectivity index (χ4n) is 5.69. The molecular formula is C36H30F8O. The summed E-state index contributed by atoms with van der Waals surface area (Å²) in [6.45, 7) is 1.99. The monoisotopic (exact) mass is 630 g/mol. The Morgan fingerprint density at radius 3 is 1.93 bits per heavy atom. The number of hydrogen-bond acceptors (Lipinski definition) is 1. The lowest BCUT2D eigenvalue weighted by Gasteiger charge is -2.31. The van der Waals surface area contributed by atoms with Crippen molar-refractivity contribution in [3.05, 3.63) is 124 Å². The number of halogens is 8. The Morgan fingerprint density at radius 1 is 0.689 bits per heavy atom. The van der Waals surface area contributed by atoms with Crippen LogP contribution in [0.3, 0.4) is 0 Å². The van der Waals surface area contributed by atoms with Crippen molar-refractivity contribution in [3.8, 4) is 22.3 Å². The molecule has 0 bridgehead atoms. The van der Waals surface area contributed by atoms with Crippen molar-refractivity contribution < 1.29 is 39.9 Å². The van der Waals surface area contributed by atoms with Crippen LogP contribution < -0.4 is 0 Å². The van der Waals surface area contributed by atoms with Gasteiger partial charge in [0, 0.05) is 11.1 Å². The molecule has 0 unspecified atom stereocenters. The van der Waals surface area contributed by atoms with Crippen LogP contribution in [0.5, 0.6) is 0 Å². The molecular weight excluding hydrogens is 600 g/mol. The zero-order valence-electron chi connectivity index (χ0n) is 24.3. The third kappa shape index (κ3) is 7.30. The second-order valence-corrected chi connectivity index (χ2v) is 11.2. The molecule has 1 aliphatic rings. The molecule has 0 atom stereocenters. The van der Waals surface area contributed by atoms with Gasteiger partial charge in [0.2, 0.25) is 0 Å². The maximum Gasteiger partial charge on any atom is 0.386 e. The van der Waals surface area contributed by atoms with Crippen LogP contribution in [0.25, 0.3) is 28.3 Å². The molecule has 0 saturated heterocycles. The fourth-order valence-corrected chi connectivity index (χ4v) is 5.69. The van der Waals surface area contributed by atoms with Gasteiger partial charge in [0.05, 0.1) is 11.7 Å². The molecule has 9 heteroatoms. The van der Waals surface area contributed by atoms with Crippen molar-refractivity contribution in [1.82, 2.24) is 0 Å². The second kappa shape index (κ2) is 13.6. The molecule has 1 fully saturated rings. The lowest BCUT2D eigenvalue weighted by atomic mass is 9.82. The number of alkyl halides is 2. The third-order valence-corrected chi connectivity index (χ3v) is 8.10. The van der Waals surface area contributed by atoms with E-state index in [1.54, 1.807) is 12.1 Å². The standard InChI is InChI=1S/C36H30F8O/c1-2-3-4-5-21-6-15-29(32(39)16-21)36(43,44)45-26-11-7-22(8-12-26)23-9-13-27(30(37)17-23)24-10-14-28(31(38)18-24)25-19-33(40)35(42)34(41)20-25/h4-6,9-10,13-20,22,26H,2-3,7-8,11-12H2,1H3. The normalized spacial score (nSPS) is 17.3. The van der Waals surface area contributed by atoms with Crippen LogP contribution in [0, 0.1) is 34.9 Å². The molecule has 1 saturated carbocycles. The minimum atomic E-state index is -3.81. The molecule has 0 aromatic heterocycles. The number of benzene rings is 4. The van der Waals surface area contributed by atoms with E-state index < -0.39 is 52.7 Å². The molecule has 0 spiro atoms. The van der Waals surface area contributed by atoms with Gasteiger partial charge < -0.3 is 4.74 Å². The van der Waals surface area contributed by atoms with Crippen LogP contribution in [0.1, 0.15) is 68.1 Å². The van der Waals surface area contributed by atoms with Gasteiger partial charge in [-0.05, 0) is 96.7 Å². The van der Waals surface area contributed by atoms with Gasteiger partial charge in [0.25, 0.3) is 0 Å². The fraction of sp³-hybridized carbons (Fsp3) is 0.278. The number of ether oxygens (including phenoxy) is 1. The molecule has 0 N–H and O–H groups in total. The number of hydrogen-bond donors (Lipinski definition) is 0. The van der Waals surface area contributed by atoms with Gasteiger partial charge in [-0.3, -0.25) is 0 Å². The molecule has 0 amide bonds. The molecule has 236 valence electrons. The van der Waals surface area contributed by atoms with E-state index in [4.69, 9.17) is 4.74 Å². The number of unbranched alkanes of at least 4 members (excludes halogenated alkanes) is 1. The smallest absolute Gasteiger partial charge is 0.313 e. The van der Waals surface area contributed by atoms with Crippen LogP contribution in [0.15, 0.2) is 72.8 Å². The zero-order valence-corrected chi connectivity index (χ0v) is 24.3. The summed E-state index contributed by atoms with van der Waals surface area (Å²) in [4.78, 5) is 0. The molecule has 45 heavy (non-hydrogen) atoms. The van der Waals surface area contributed by atoms with Crippen LogP contribution in [-0.4, -0.2) is 6.10 Å². The third-order valence-electron chi connectivity index (χ3n) is 8.10. The van der Waals surface area contributed by atoms with E-state index in [-0.39, 0.29) is 41.0 Å². The summed E-state index contributed by atoms with van der Waals surface area (Å²) in [5.41, 5.74) is 0.190. The zero-order chi connectivity index (χ0) is 32.3. The highest BCUT2D eigenvalue weighted by Gasteiger charge is 2.40. The van der Waals surface area contributed by atoms with E-state index in [1.807, 2.05) is 13.0 Å². The quantitative estimate of drug-likeness (QED) is 0.132. The Hall–Kier alpha value is -3.98. The first-order chi connectivity index (χ1) is 21.5. The highest BCUT2D eigenvalue weighted by molar-refractivity contribution is 5.71. The van der Waals surface area contributed by atoms with E-state index in [1.165, 1.54) is 30.3 Å². The average Bonchev–Trinajstić information content (AvgIpc) is 3.00. The average molecular weight is 631 g/mol. The molecule has 1 nitrogen and oxygen atoms in total. The van der Waals surface area contributed by atoms with E-state index in [0.717, 1.165) is 31.0 Å². The van der Waals surface area contributed by atoms with Gasteiger partial charge in [0.15, 0.2) is 17.5 Å². The molecule has 4 aromatic rings. The summed E-state index contributed by atoms with van der Waals surface area (Å²) < 4.78 is 120. The van der Waals surface area contributed by atoms with Gasteiger partial charge >= 0.3 is 6.11 Å². The first-order valence-electron chi connectivity index (χ1n) is 14.7. The lowest BCUT2D eigenvalue weighted by molar-refractivity contribution is -0.278. The van der Waals surface area contributed by atoms with Crippen LogP contribution in [0.2, 0.25) is 0 Å². The van der Waals surface area contributed by atoms with Crippen LogP contribution in [0.4, 0.5) is 35.1 Å². The van der Waals surface area contributed by atoms with E-state index >= 15 is 4.39 Å².